The summed E-state index contributed by atoms with van der Waals surface area (Å²) < 4.78 is 0. The van der Waals surface area contributed by atoms with E-state index in [0.29, 0.717) is 6.54 Å². The molecule has 0 bridgehead atoms. The van der Waals surface area contributed by atoms with Crippen LogP contribution in [0.2, 0.25) is 0 Å². The van der Waals surface area contributed by atoms with Gasteiger partial charge in [-0.05, 0) is 6.92 Å². The van der Waals surface area contributed by atoms with Crippen molar-refractivity contribution in [2.45, 2.75) is 13.5 Å². The predicted molar refractivity (Wildman–Crippen MR) is 54.4 cm³/mol. The lowest BCUT2D eigenvalue weighted by molar-refractivity contribution is -0.116. The smallest absolute Gasteiger partial charge is 0.244 e. The van der Waals surface area contributed by atoms with Gasteiger partial charge in [0.2, 0.25) is 5.91 Å². The van der Waals surface area contributed by atoms with Crippen molar-refractivity contribution in [1.29, 1.82) is 0 Å². The van der Waals surface area contributed by atoms with Gasteiger partial charge in [0.05, 0.1) is 6.54 Å². The molecule has 1 amide bonds. The van der Waals surface area contributed by atoms with E-state index >= 15 is 0 Å². The molecule has 4 heteroatoms. The number of aromatic nitrogens is 2. The van der Waals surface area contributed by atoms with E-state index < -0.39 is 0 Å². The molecular weight excluding hydrogens is 178 g/mol. The molecule has 1 heterocycles. The highest BCUT2D eigenvalue weighted by atomic mass is 16.1. The summed E-state index contributed by atoms with van der Waals surface area (Å²) in [7, 11) is 0. The molecule has 1 rings (SSSR count). The Morgan fingerprint density at radius 2 is 2.50 bits per heavy atom. The Kier molecular flexibility index (Phi) is 4.20. The van der Waals surface area contributed by atoms with Crippen molar-refractivity contribution in [3.8, 4) is 0 Å². The zero-order chi connectivity index (χ0) is 10.2. The minimum absolute atomic E-state index is 0.125. The summed E-state index contributed by atoms with van der Waals surface area (Å²) in [5.74, 6) is 0.622. The minimum Gasteiger partial charge on any atom is -0.347 e. The Morgan fingerprint density at radius 3 is 3.14 bits per heavy atom. The molecule has 2 N–H and O–H groups in total. The number of carbonyl (C=O) groups excluding carboxylic acids is 1. The third kappa shape index (κ3) is 3.71. The van der Waals surface area contributed by atoms with Gasteiger partial charge in [-0.1, -0.05) is 18.2 Å². The van der Waals surface area contributed by atoms with E-state index in [2.05, 4.69) is 15.3 Å². The number of rotatable bonds is 4. The van der Waals surface area contributed by atoms with Gasteiger partial charge in [0, 0.05) is 18.5 Å². The van der Waals surface area contributed by atoms with Gasteiger partial charge >= 0.3 is 0 Å². The standard InChI is InChI=1S/C10H13N3O/c1-2-3-4-5-10(14)13-8-9-11-6-7-12-9/h2-7H,8H2,1H3,(H,11,12)(H,13,14). The van der Waals surface area contributed by atoms with Crippen LogP contribution in [0.4, 0.5) is 0 Å². The molecule has 0 aromatic carbocycles. The number of carbonyl (C=O) groups is 1. The lowest BCUT2D eigenvalue weighted by Crippen LogP contribution is -2.20. The zero-order valence-electron chi connectivity index (χ0n) is 8.03. The Balaban J connectivity index is 2.28. The van der Waals surface area contributed by atoms with Crippen molar-refractivity contribution in [3.05, 3.63) is 42.5 Å². The number of hydrogen-bond acceptors (Lipinski definition) is 2. The fourth-order valence-corrected chi connectivity index (χ4v) is 0.878. The lowest BCUT2D eigenvalue weighted by Gasteiger charge is -1.97. The van der Waals surface area contributed by atoms with Crippen molar-refractivity contribution < 1.29 is 4.79 Å². The topological polar surface area (TPSA) is 57.8 Å². The summed E-state index contributed by atoms with van der Waals surface area (Å²) in [6.45, 7) is 2.32. The molecule has 0 atom stereocenters. The van der Waals surface area contributed by atoms with Crippen LogP contribution in [0.3, 0.4) is 0 Å². The van der Waals surface area contributed by atoms with Crippen LogP contribution in [0, 0.1) is 0 Å². The van der Waals surface area contributed by atoms with E-state index in [1.807, 2.05) is 13.0 Å². The first kappa shape index (κ1) is 10.2. The van der Waals surface area contributed by atoms with Gasteiger partial charge in [0.25, 0.3) is 0 Å². The first-order valence-corrected chi connectivity index (χ1v) is 4.38. The highest BCUT2D eigenvalue weighted by Gasteiger charge is 1.96. The van der Waals surface area contributed by atoms with Crippen LogP contribution >= 0.6 is 0 Å². The number of H-pyrrole nitrogens is 1. The number of allylic oxidation sites excluding steroid dienone is 3. The molecule has 1 aromatic heterocycles. The molecule has 0 aliphatic carbocycles. The molecule has 4 nitrogen and oxygen atoms in total. The summed E-state index contributed by atoms with van der Waals surface area (Å²) in [5, 5.41) is 2.69. The first-order chi connectivity index (χ1) is 6.83. The fraction of sp³-hybridized carbons (Fsp3) is 0.200. The van der Waals surface area contributed by atoms with Gasteiger partial charge in [-0.2, -0.15) is 0 Å². The van der Waals surface area contributed by atoms with E-state index in [9.17, 15) is 4.79 Å². The Hall–Kier alpha value is -1.84. The molecule has 0 radical (unpaired) electrons. The van der Waals surface area contributed by atoms with Crippen LogP contribution in [-0.4, -0.2) is 15.9 Å². The summed E-state index contributed by atoms with van der Waals surface area (Å²) in [6.07, 6.45) is 10.2. The summed E-state index contributed by atoms with van der Waals surface area (Å²) in [6, 6.07) is 0. The normalized spacial score (nSPS) is 11.2. The van der Waals surface area contributed by atoms with Crippen molar-refractivity contribution in [2.75, 3.05) is 0 Å². The number of imidazole rings is 1. The fourth-order valence-electron chi connectivity index (χ4n) is 0.878. The molecule has 74 valence electrons. The first-order valence-electron chi connectivity index (χ1n) is 4.38. The minimum atomic E-state index is -0.125. The van der Waals surface area contributed by atoms with Crippen molar-refractivity contribution >= 4 is 5.91 Å². The van der Waals surface area contributed by atoms with Crippen molar-refractivity contribution in [3.63, 3.8) is 0 Å². The maximum absolute atomic E-state index is 11.1. The SMILES string of the molecule is CC=CC=CC(=O)NCc1ncc[nH]1. The maximum Gasteiger partial charge on any atom is 0.244 e. The predicted octanol–water partition coefficient (Wildman–Crippen LogP) is 1.16. The van der Waals surface area contributed by atoms with Crippen LogP contribution < -0.4 is 5.32 Å². The van der Waals surface area contributed by atoms with Gasteiger partial charge in [-0.25, -0.2) is 4.98 Å². The van der Waals surface area contributed by atoms with E-state index in [-0.39, 0.29) is 5.91 Å². The average molecular weight is 191 g/mol. The van der Waals surface area contributed by atoms with E-state index in [1.54, 1.807) is 24.5 Å². The van der Waals surface area contributed by atoms with Crippen LogP contribution in [0.25, 0.3) is 0 Å². The van der Waals surface area contributed by atoms with E-state index in [4.69, 9.17) is 0 Å². The van der Waals surface area contributed by atoms with E-state index in [0.717, 1.165) is 5.82 Å². The number of aromatic amines is 1. The molecule has 0 fully saturated rings. The second-order valence-corrected chi connectivity index (χ2v) is 2.64. The van der Waals surface area contributed by atoms with E-state index in [1.165, 1.54) is 6.08 Å². The third-order valence-corrected chi connectivity index (χ3v) is 1.54. The zero-order valence-corrected chi connectivity index (χ0v) is 8.03. The maximum atomic E-state index is 11.1. The monoisotopic (exact) mass is 191 g/mol. The molecule has 1 aromatic rings. The van der Waals surface area contributed by atoms with Gasteiger partial charge in [0.1, 0.15) is 5.82 Å². The molecule has 0 saturated heterocycles. The highest BCUT2D eigenvalue weighted by molar-refractivity contribution is 5.87. The Bertz CT molecular complexity index is 325. The number of amides is 1. The largest absolute Gasteiger partial charge is 0.347 e. The quantitative estimate of drug-likeness (QED) is 0.554. The molecule has 0 saturated carbocycles. The summed E-state index contributed by atoms with van der Waals surface area (Å²) in [5.41, 5.74) is 0. The molecule has 0 aliphatic rings. The molecule has 0 unspecified atom stereocenters. The molecule has 14 heavy (non-hydrogen) atoms. The van der Waals surface area contributed by atoms with Gasteiger partial charge in [-0.3, -0.25) is 4.79 Å². The number of nitrogens with one attached hydrogen (secondary N) is 2. The van der Waals surface area contributed by atoms with Crippen molar-refractivity contribution in [1.82, 2.24) is 15.3 Å². The lowest BCUT2D eigenvalue weighted by atomic mass is 10.4. The average Bonchev–Trinajstić information content (AvgIpc) is 2.68. The Labute approximate surface area is 82.7 Å². The molecule has 0 aliphatic heterocycles. The van der Waals surface area contributed by atoms with Gasteiger partial charge in [-0.15, -0.1) is 0 Å². The number of nitrogens with zero attached hydrogens (tertiary/aromatic N) is 1. The second-order valence-electron chi connectivity index (χ2n) is 2.64. The Morgan fingerprint density at radius 1 is 1.64 bits per heavy atom. The number of hydrogen-bond donors (Lipinski definition) is 2. The summed E-state index contributed by atoms with van der Waals surface area (Å²) in [4.78, 5) is 18.0. The van der Waals surface area contributed by atoms with Crippen LogP contribution in [-0.2, 0) is 11.3 Å². The highest BCUT2D eigenvalue weighted by Crippen LogP contribution is 1.86. The summed E-state index contributed by atoms with van der Waals surface area (Å²) >= 11 is 0. The van der Waals surface area contributed by atoms with Crippen molar-refractivity contribution in [2.24, 2.45) is 0 Å². The van der Waals surface area contributed by atoms with Gasteiger partial charge in [0.15, 0.2) is 0 Å². The molecule has 0 spiro atoms. The van der Waals surface area contributed by atoms with Gasteiger partial charge < -0.3 is 10.3 Å². The van der Waals surface area contributed by atoms with Crippen LogP contribution in [0.1, 0.15) is 12.7 Å². The second kappa shape index (κ2) is 5.75. The van der Waals surface area contributed by atoms with Crippen LogP contribution in [0.15, 0.2) is 36.7 Å². The third-order valence-electron chi connectivity index (χ3n) is 1.54. The van der Waals surface area contributed by atoms with Crippen LogP contribution in [0.5, 0.6) is 0 Å². The molecular formula is C10H13N3O.